The van der Waals surface area contributed by atoms with Crippen LogP contribution in [-0.2, 0) is 0 Å². The van der Waals surface area contributed by atoms with E-state index in [0.717, 1.165) is 12.5 Å². The Bertz CT molecular complexity index is 115. The van der Waals surface area contributed by atoms with Crippen molar-refractivity contribution in [3.05, 3.63) is 0 Å². The highest BCUT2D eigenvalue weighted by Gasteiger charge is 2.20. The van der Waals surface area contributed by atoms with Gasteiger partial charge in [0, 0.05) is 13.6 Å². The van der Waals surface area contributed by atoms with Gasteiger partial charge in [0.25, 0.3) is 0 Å². The molecule has 0 heterocycles. The summed E-state index contributed by atoms with van der Waals surface area (Å²) in [7, 11) is 1.69. The Hall–Kier alpha value is -0.730. The van der Waals surface area contributed by atoms with Gasteiger partial charge < -0.3 is 11.1 Å². The summed E-state index contributed by atoms with van der Waals surface area (Å²) in [5.41, 5.74) is 5.39. The summed E-state index contributed by atoms with van der Waals surface area (Å²) >= 11 is 0. The van der Waals surface area contributed by atoms with Crippen molar-refractivity contribution in [2.24, 2.45) is 16.6 Å². The maximum absolute atomic E-state index is 5.39. The molecular weight excluding hydrogens is 114 g/mol. The molecule has 1 rings (SSSR count). The molecule has 0 bridgehead atoms. The molecule has 52 valence electrons. The quantitative estimate of drug-likeness (QED) is 0.403. The fourth-order valence-electron chi connectivity index (χ4n) is 0.650. The third kappa shape index (κ3) is 2.35. The third-order valence-electron chi connectivity index (χ3n) is 1.51. The molecule has 3 heteroatoms. The SMILES string of the molecule is CN=C(N)NCC1CC1. The highest BCUT2D eigenvalue weighted by atomic mass is 15.1. The van der Waals surface area contributed by atoms with Crippen LogP contribution in [0.15, 0.2) is 4.99 Å². The Labute approximate surface area is 55.3 Å². The topological polar surface area (TPSA) is 50.4 Å². The number of nitrogens with zero attached hydrogens (tertiary/aromatic N) is 1. The molecule has 0 aliphatic heterocycles. The van der Waals surface area contributed by atoms with E-state index in [1.54, 1.807) is 7.05 Å². The summed E-state index contributed by atoms with van der Waals surface area (Å²) in [6.07, 6.45) is 2.70. The van der Waals surface area contributed by atoms with Crippen LogP contribution >= 0.6 is 0 Å². The first-order valence-corrected chi connectivity index (χ1v) is 3.29. The maximum Gasteiger partial charge on any atom is 0.188 e. The van der Waals surface area contributed by atoms with Crippen molar-refractivity contribution in [1.29, 1.82) is 0 Å². The first-order chi connectivity index (χ1) is 4.33. The van der Waals surface area contributed by atoms with Crippen molar-refractivity contribution >= 4 is 5.96 Å². The molecular formula is C6H13N3. The van der Waals surface area contributed by atoms with Crippen LogP contribution in [0, 0.1) is 5.92 Å². The monoisotopic (exact) mass is 127 g/mol. The number of nitrogens with two attached hydrogens (primary N) is 1. The average molecular weight is 127 g/mol. The number of nitrogens with one attached hydrogen (secondary N) is 1. The van der Waals surface area contributed by atoms with E-state index in [4.69, 9.17) is 5.73 Å². The maximum atomic E-state index is 5.39. The first-order valence-electron chi connectivity index (χ1n) is 3.29. The van der Waals surface area contributed by atoms with E-state index in [0.29, 0.717) is 5.96 Å². The molecule has 0 radical (unpaired) electrons. The number of rotatable bonds is 2. The van der Waals surface area contributed by atoms with Crippen LogP contribution in [0.3, 0.4) is 0 Å². The van der Waals surface area contributed by atoms with Gasteiger partial charge in [-0.15, -0.1) is 0 Å². The van der Waals surface area contributed by atoms with Gasteiger partial charge in [0.15, 0.2) is 5.96 Å². The first kappa shape index (κ1) is 6.39. The fourth-order valence-corrected chi connectivity index (χ4v) is 0.650. The second-order valence-corrected chi connectivity index (χ2v) is 2.43. The van der Waals surface area contributed by atoms with Gasteiger partial charge in [-0.2, -0.15) is 0 Å². The summed E-state index contributed by atoms with van der Waals surface area (Å²) in [5.74, 6) is 1.42. The van der Waals surface area contributed by atoms with Gasteiger partial charge in [-0.05, 0) is 18.8 Å². The van der Waals surface area contributed by atoms with Crippen LogP contribution < -0.4 is 11.1 Å². The van der Waals surface area contributed by atoms with E-state index >= 15 is 0 Å². The van der Waals surface area contributed by atoms with Gasteiger partial charge in [0.1, 0.15) is 0 Å². The lowest BCUT2D eigenvalue weighted by Gasteiger charge is -2.00. The predicted octanol–water partition coefficient (Wildman–Crippen LogP) is -0.0695. The van der Waals surface area contributed by atoms with Crippen LogP contribution in [0.1, 0.15) is 12.8 Å². The molecule has 1 saturated carbocycles. The summed E-state index contributed by atoms with van der Waals surface area (Å²) in [6.45, 7) is 1.00. The highest BCUT2D eigenvalue weighted by Crippen LogP contribution is 2.27. The van der Waals surface area contributed by atoms with E-state index in [9.17, 15) is 0 Å². The van der Waals surface area contributed by atoms with Gasteiger partial charge in [0.05, 0.1) is 0 Å². The second kappa shape index (κ2) is 2.71. The Kier molecular flexibility index (Phi) is 1.92. The standard InChI is InChI=1S/C6H13N3/c1-8-6(7)9-4-5-2-3-5/h5H,2-4H2,1H3,(H3,7,8,9). The molecule has 3 N–H and O–H groups in total. The van der Waals surface area contributed by atoms with E-state index in [1.165, 1.54) is 12.8 Å². The molecule has 0 spiro atoms. The van der Waals surface area contributed by atoms with Crippen molar-refractivity contribution in [2.75, 3.05) is 13.6 Å². The van der Waals surface area contributed by atoms with Gasteiger partial charge in [-0.3, -0.25) is 4.99 Å². The lowest BCUT2D eigenvalue weighted by Crippen LogP contribution is -2.32. The summed E-state index contributed by atoms with van der Waals surface area (Å²) in [6, 6.07) is 0. The summed E-state index contributed by atoms with van der Waals surface area (Å²) in [4.78, 5) is 3.77. The van der Waals surface area contributed by atoms with E-state index in [-0.39, 0.29) is 0 Å². The Balaban J connectivity index is 2.03. The molecule has 9 heavy (non-hydrogen) atoms. The minimum Gasteiger partial charge on any atom is -0.370 e. The molecule has 1 fully saturated rings. The van der Waals surface area contributed by atoms with Crippen LogP contribution in [0.25, 0.3) is 0 Å². The van der Waals surface area contributed by atoms with E-state index in [2.05, 4.69) is 10.3 Å². The minimum atomic E-state index is 0.557. The zero-order valence-electron chi connectivity index (χ0n) is 5.72. The van der Waals surface area contributed by atoms with Crippen molar-refractivity contribution in [1.82, 2.24) is 5.32 Å². The van der Waals surface area contributed by atoms with Crippen LogP contribution in [0.4, 0.5) is 0 Å². The molecule has 0 aromatic carbocycles. The molecule has 0 unspecified atom stereocenters. The smallest absolute Gasteiger partial charge is 0.188 e. The Morgan fingerprint density at radius 2 is 2.44 bits per heavy atom. The summed E-state index contributed by atoms with van der Waals surface area (Å²) < 4.78 is 0. The van der Waals surface area contributed by atoms with Crippen molar-refractivity contribution in [3.8, 4) is 0 Å². The van der Waals surface area contributed by atoms with Gasteiger partial charge >= 0.3 is 0 Å². The highest BCUT2D eigenvalue weighted by molar-refractivity contribution is 5.77. The molecule has 0 atom stereocenters. The minimum absolute atomic E-state index is 0.557. The van der Waals surface area contributed by atoms with Crippen molar-refractivity contribution in [3.63, 3.8) is 0 Å². The van der Waals surface area contributed by atoms with Crippen LogP contribution in [0.5, 0.6) is 0 Å². The fraction of sp³-hybridized carbons (Fsp3) is 0.833. The molecule has 0 aromatic rings. The molecule has 0 saturated heterocycles. The van der Waals surface area contributed by atoms with E-state index < -0.39 is 0 Å². The van der Waals surface area contributed by atoms with Gasteiger partial charge in [-0.25, -0.2) is 0 Å². The van der Waals surface area contributed by atoms with Crippen molar-refractivity contribution in [2.45, 2.75) is 12.8 Å². The zero-order valence-corrected chi connectivity index (χ0v) is 5.72. The molecule has 3 nitrogen and oxygen atoms in total. The predicted molar refractivity (Wildman–Crippen MR) is 38.3 cm³/mol. The third-order valence-corrected chi connectivity index (χ3v) is 1.51. The van der Waals surface area contributed by atoms with Crippen molar-refractivity contribution < 1.29 is 0 Å². The summed E-state index contributed by atoms with van der Waals surface area (Å²) in [5, 5.41) is 3.02. The van der Waals surface area contributed by atoms with Crippen LogP contribution in [0.2, 0.25) is 0 Å². The average Bonchev–Trinajstić information content (AvgIpc) is 2.65. The van der Waals surface area contributed by atoms with E-state index in [1.807, 2.05) is 0 Å². The second-order valence-electron chi connectivity index (χ2n) is 2.43. The number of aliphatic imine (C=N–C) groups is 1. The molecule has 0 aromatic heterocycles. The molecule has 0 amide bonds. The Morgan fingerprint density at radius 1 is 1.78 bits per heavy atom. The van der Waals surface area contributed by atoms with Gasteiger partial charge in [0.2, 0.25) is 0 Å². The molecule has 1 aliphatic carbocycles. The number of hydrogen-bond donors (Lipinski definition) is 2. The lowest BCUT2D eigenvalue weighted by atomic mass is 10.4. The van der Waals surface area contributed by atoms with Gasteiger partial charge in [-0.1, -0.05) is 0 Å². The normalized spacial score (nSPS) is 19.9. The van der Waals surface area contributed by atoms with Crippen LogP contribution in [-0.4, -0.2) is 19.6 Å². The largest absolute Gasteiger partial charge is 0.370 e. The lowest BCUT2D eigenvalue weighted by molar-refractivity contribution is 0.767. The Morgan fingerprint density at radius 3 is 2.89 bits per heavy atom. The zero-order chi connectivity index (χ0) is 6.69. The number of hydrogen-bond acceptors (Lipinski definition) is 1. The number of guanidine groups is 1. The molecule has 1 aliphatic rings.